The number of aromatic nitrogens is 1. The Morgan fingerprint density at radius 3 is 2.63 bits per heavy atom. The second kappa shape index (κ2) is 7.80. The highest BCUT2D eigenvalue weighted by Crippen LogP contribution is 2.39. The van der Waals surface area contributed by atoms with Crippen LogP contribution in [-0.2, 0) is 9.59 Å². The molecule has 1 aromatic carbocycles. The van der Waals surface area contributed by atoms with Crippen molar-refractivity contribution in [2.45, 2.75) is 38.0 Å². The molecular formula is C21H24N2O3S. The normalized spacial score (nSPS) is 23.6. The summed E-state index contributed by atoms with van der Waals surface area (Å²) in [4.78, 5) is 30.9. The number of piperidine rings is 1. The van der Waals surface area contributed by atoms with Crippen LogP contribution >= 0.6 is 11.3 Å². The van der Waals surface area contributed by atoms with E-state index in [0.717, 1.165) is 36.2 Å². The molecule has 2 atom stereocenters. The third kappa shape index (κ3) is 3.90. The lowest BCUT2D eigenvalue weighted by atomic mass is 9.81. The minimum Gasteiger partial charge on any atom is -0.481 e. The van der Waals surface area contributed by atoms with Gasteiger partial charge >= 0.3 is 5.97 Å². The van der Waals surface area contributed by atoms with E-state index in [1.54, 1.807) is 11.3 Å². The Labute approximate surface area is 162 Å². The molecule has 1 aromatic heterocycles. The lowest BCUT2D eigenvalue weighted by Gasteiger charge is -2.36. The number of amides is 1. The molecule has 0 radical (unpaired) electrons. The number of hydrogen-bond acceptors (Lipinski definition) is 4. The molecule has 142 valence electrons. The summed E-state index contributed by atoms with van der Waals surface area (Å²) in [6, 6.07) is 8.13. The first-order valence-corrected chi connectivity index (χ1v) is 10.4. The zero-order valence-electron chi connectivity index (χ0n) is 15.2. The number of thiazole rings is 1. The number of nitrogens with zero attached hydrogens (tertiary/aromatic N) is 2. The number of rotatable bonds is 4. The van der Waals surface area contributed by atoms with Crippen LogP contribution in [0.25, 0.3) is 10.2 Å². The van der Waals surface area contributed by atoms with Crippen molar-refractivity contribution in [3.63, 3.8) is 0 Å². The van der Waals surface area contributed by atoms with E-state index in [4.69, 9.17) is 10.1 Å². The number of aliphatic carboxylic acids is 1. The van der Waals surface area contributed by atoms with E-state index in [1.807, 2.05) is 23.1 Å². The van der Waals surface area contributed by atoms with Gasteiger partial charge in [0.1, 0.15) is 0 Å². The second-order valence-electron chi connectivity index (χ2n) is 7.54. The van der Waals surface area contributed by atoms with Crippen molar-refractivity contribution >= 4 is 33.4 Å². The van der Waals surface area contributed by atoms with E-state index in [2.05, 4.69) is 18.2 Å². The Hall–Kier alpha value is -2.21. The number of benzene rings is 1. The molecule has 4 rings (SSSR count). The molecule has 1 fully saturated rings. The summed E-state index contributed by atoms with van der Waals surface area (Å²) >= 11 is 1.70. The molecule has 1 amide bonds. The molecule has 2 aromatic rings. The molecule has 2 heterocycles. The lowest BCUT2D eigenvalue weighted by molar-refractivity contribution is -0.139. The molecule has 2 aliphatic rings. The standard InChI is InChI=1S/C21H24N2O3S/c24-19(25)13-14-9-11-23(12-10-14)21(26)16-6-2-1-5-15(16)20-22-17-7-3-4-8-18(17)27-20/h1-4,7-8,14-16H,5-6,9-13H2,(H,24,25). The maximum absolute atomic E-state index is 13.2. The number of fused-ring (bicyclic) bond motifs is 1. The van der Waals surface area contributed by atoms with Gasteiger partial charge in [-0.2, -0.15) is 0 Å². The Morgan fingerprint density at radius 1 is 1.15 bits per heavy atom. The van der Waals surface area contributed by atoms with Crippen LogP contribution in [0.1, 0.15) is 43.0 Å². The van der Waals surface area contributed by atoms with Gasteiger partial charge in [-0.3, -0.25) is 9.59 Å². The first-order chi connectivity index (χ1) is 13.1. The van der Waals surface area contributed by atoms with Gasteiger partial charge in [0.2, 0.25) is 5.91 Å². The second-order valence-corrected chi connectivity index (χ2v) is 8.60. The Morgan fingerprint density at radius 2 is 1.89 bits per heavy atom. The summed E-state index contributed by atoms with van der Waals surface area (Å²) in [7, 11) is 0. The van der Waals surface area contributed by atoms with Crippen LogP contribution in [0.3, 0.4) is 0 Å². The van der Waals surface area contributed by atoms with Gasteiger partial charge in [-0.15, -0.1) is 11.3 Å². The van der Waals surface area contributed by atoms with Crippen LogP contribution in [0.15, 0.2) is 36.4 Å². The highest BCUT2D eigenvalue weighted by molar-refractivity contribution is 7.18. The summed E-state index contributed by atoms with van der Waals surface area (Å²) in [5.41, 5.74) is 1.01. The first kappa shape index (κ1) is 18.2. The largest absolute Gasteiger partial charge is 0.481 e. The van der Waals surface area contributed by atoms with Crippen molar-refractivity contribution in [1.29, 1.82) is 0 Å². The number of hydrogen-bond donors (Lipinski definition) is 1. The number of carboxylic acids is 1. The zero-order valence-corrected chi connectivity index (χ0v) is 16.0. The molecule has 0 bridgehead atoms. The van der Waals surface area contributed by atoms with Gasteiger partial charge in [0.25, 0.3) is 0 Å². The highest BCUT2D eigenvalue weighted by atomic mass is 32.1. The van der Waals surface area contributed by atoms with Crippen LogP contribution in [0.5, 0.6) is 0 Å². The van der Waals surface area contributed by atoms with Crippen LogP contribution < -0.4 is 0 Å². The summed E-state index contributed by atoms with van der Waals surface area (Å²) in [6.45, 7) is 1.34. The van der Waals surface area contributed by atoms with E-state index < -0.39 is 5.97 Å². The van der Waals surface area contributed by atoms with Gasteiger partial charge in [0.15, 0.2) is 0 Å². The van der Waals surface area contributed by atoms with Crippen molar-refractivity contribution in [2.24, 2.45) is 11.8 Å². The minimum absolute atomic E-state index is 0.0633. The monoisotopic (exact) mass is 384 g/mol. The Bertz CT molecular complexity index is 834. The number of carbonyl (C=O) groups is 2. The van der Waals surface area contributed by atoms with E-state index in [0.29, 0.717) is 13.1 Å². The van der Waals surface area contributed by atoms with Crippen molar-refractivity contribution in [3.05, 3.63) is 41.4 Å². The summed E-state index contributed by atoms with van der Waals surface area (Å²) in [6.07, 6.45) is 7.67. The topological polar surface area (TPSA) is 70.5 Å². The molecule has 5 nitrogen and oxygen atoms in total. The molecule has 0 saturated carbocycles. The summed E-state index contributed by atoms with van der Waals surface area (Å²) < 4.78 is 1.17. The maximum Gasteiger partial charge on any atom is 0.303 e. The Kier molecular flexibility index (Phi) is 5.25. The highest BCUT2D eigenvalue weighted by Gasteiger charge is 2.36. The third-order valence-corrected chi connectivity index (χ3v) is 6.94. The predicted octanol–water partition coefficient (Wildman–Crippen LogP) is 4.06. The maximum atomic E-state index is 13.2. The van der Waals surface area contributed by atoms with Gasteiger partial charge in [0, 0.05) is 25.4 Å². The van der Waals surface area contributed by atoms with Crippen LogP contribution in [0.4, 0.5) is 0 Å². The molecule has 1 aliphatic heterocycles. The van der Waals surface area contributed by atoms with Gasteiger partial charge in [-0.25, -0.2) is 4.98 Å². The third-order valence-electron chi connectivity index (χ3n) is 5.77. The average Bonchev–Trinajstić information content (AvgIpc) is 3.12. The number of likely N-dealkylation sites (tertiary alicyclic amines) is 1. The van der Waals surface area contributed by atoms with Crippen molar-refractivity contribution in [3.8, 4) is 0 Å². The van der Waals surface area contributed by atoms with E-state index in [9.17, 15) is 9.59 Å². The van der Waals surface area contributed by atoms with E-state index in [1.165, 1.54) is 4.70 Å². The van der Waals surface area contributed by atoms with Crippen LogP contribution in [0.2, 0.25) is 0 Å². The molecule has 27 heavy (non-hydrogen) atoms. The number of allylic oxidation sites excluding steroid dienone is 2. The molecule has 0 spiro atoms. The van der Waals surface area contributed by atoms with Gasteiger partial charge in [0.05, 0.1) is 21.1 Å². The average molecular weight is 385 g/mol. The van der Waals surface area contributed by atoms with Gasteiger partial charge < -0.3 is 10.0 Å². The van der Waals surface area contributed by atoms with Crippen LogP contribution in [-0.4, -0.2) is 40.0 Å². The van der Waals surface area contributed by atoms with Crippen molar-refractivity contribution in [1.82, 2.24) is 9.88 Å². The fourth-order valence-corrected chi connectivity index (χ4v) is 5.39. The minimum atomic E-state index is -0.743. The SMILES string of the molecule is O=C(O)CC1CCN(C(=O)C2CC=CCC2c2nc3ccccc3s2)CC1. The molecule has 1 aliphatic carbocycles. The summed E-state index contributed by atoms with van der Waals surface area (Å²) in [5, 5.41) is 10.0. The smallest absolute Gasteiger partial charge is 0.303 e. The fraction of sp³-hybridized carbons (Fsp3) is 0.476. The van der Waals surface area contributed by atoms with E-state index in [-0.39, 0.29) is 30.1 Å². The molecule has 6 heteroatoms. The lowest BCUT2D eigenvalue weighted by Crippen LogP contribution is -2.43. The fourth-order valence-electron chi connectivity index (χ4n) is 4.25. The van der Waals surface area contributed by atoms with Crippen molar-refractivity contribution < 1.29 is 14.7 Å². The predicted molar refractivity (Wildman–Crippen MR) is 106 cm³/mol. The Balaban J connectivity index is 1.48. The molecule has 1 saturated heterocycles. The number of carboxylic acid groups (broad SMARTS) is 1. The molecular weight excluding hydrogens is 360 g/mol. The van der Waals surface area contributed by atoms with Gasteiger partial charge in [-0.05, 0) is 43.7 Å². The zero-order chi connectivity index (χ0) is 18.8. The van der Waals surface area contributed by atoms with Gasteiger partial charge in [-0.1, -0.05) is 24.3 Å². The van der Waals surface area contributed by atoms with E-state index >= 15 is 0 Å². The van der Waals surface area contributed by atoms with Crippen LogP contribution in [0, 0.1) is 11.8 Å². The number of carbonyl (C=O) groups excluding carboxylic acids is 1. The quantitative estimate of drug-likeness (QED) is 0.807. The summed E-state index contributed by atoms with van der Waals surface area (Å²) in [5.74, 6) is -0.272. The molecule has 1 N–H and O–H groups in total. The van der Waals surface area contributed by atoms with Crippen molar-refractivity contribution in [2.75, 3.05) is 13.1 Å². The number of para-hydroxylation sites is 1. The molecule has 2 unspecified atom stereocenters. The first-order valence-electron chi connectivity index (χ1n) is 9.63.